The van der Waals surface area contributed by atoms with Crippen LogP contribution in [0, 0.1) is 0 Å². The van der Waals surface area contributed by atoms with Crippen LogP contribution in [0.25, 0.3) is 11.0 Å². The molecule has 2 aromatic rings. The molecule has 0 radical (unpaired) electrons. The zero-order valence-electron chi connectivity index (χ0n) is 12.3. The third-order valence-electron chi connectivity index (χ3n) is 3.93. The van der Waals surface area contributed by atoms with Gasteiger partial charge in [-0.2, -0.15) is 0 Å². The van der Waals surface area contributed by atoms with Crippen molar-refractivity contribution in [2.45, 2.75) is 25.5 Å². The summed E-state index contributed by atoms with van der Waals surface area (Å²) in [5.41, 5.74) is 1.44. The highest BCUT2D eigenvalue weighted by Gasteiger charge is 2.28. The Bertz CT molecular complexity index is 655. The van der Waals surface area contributed by atoms with Gasteiger partial charge in [0.15, 0.2) is 5.15 Å². The molecule has 0 unspecified atom stereocenters. The lowest BCUT2D eigenvalue weighted by molar-refractivity contribution is 0.200. The van der Waals surface area contributed by atoms with Crippen LogP contribution in [-0.2, 0) is 0 Å². The number of fused-ring (bicyclic) bond motifs is 1. The fourth-order valence-electron chi connectivity index (χ4n) is 2.58. The largest absolute Gasteiger partial charge is 0.497 e. The number of benzene rings is 1. The lowest BCUT2D eigenvalue weighted by atomic mass is 10.2. The van der Waals surface area contributed by atoms with E-state index >= 15 is 0 Å². The number of hydrogen-bond donors (Lipinski definition) is 0. The molecule has 1 aromatic heterocycles. The molecule has 2 heterocycles. The zero-order valence-corrected chi connectivity index (χ0v) is 13.1. The Hall–Kier alpha value is -1.59. The first-order chi connectivity index (χ1) is 10.1. The summed E-state index contributed by atoms with van der Waals surface area (Å²) in [6.07, 6.45) is 1.06. The van der Waals surface area contributed by atoms with Gasteiger partial charge in [-0.1, -0.05) is 11.6 Å². The second-order valence-electron chi connectivity index (χ2n) is 5.44. The number of rotatable bonds is 3. The van der Waals surface area contributed by atoms with E-state index in [0.717, 1.165) is 24.2 Å². The first-order valence-corrected chi connectivity index (χ1v) is 7.33. The van der Waals surface area contributed by atoms with E-state index in [-0.39, 0.29) is 6.10 Å². The Morgan fingerprint density at radius 2 is 2.10 bits per heavy atom. The second kappa shape index (κ2) is 5.66. The molecule has 21 heavy (non-hydrogen) atoms. The van der Waals surface area contributed by atoms with Crippen molar-refractivity contribution in [2.24, 2.45) is 0 Å². The van der Waals surface area contributed by atoms with Crippen LogP contribution in [0.15, 0.2) is 18.2 Å². The second-order valence-corrected chi connectivity index (χ2v) is 5.80. The summed E-state index contributed by atoms with van der Waals surface area (Å²) in [5, 5.41) is 0.301. The van der Waals surface area contributed by atoms with Crippen LogP contribution in [0.5, 0.6) is 11.6 Å². The first-order valence-electron chi connectivity index (χ1n) is 6.95. The van der Waals surface area contributed by atoms with E-state index in [4.69, 9.17) is 21.1 Å². The number of methoxy groups -OCH3 is 1. The Morgan fingerprint density at radius 3 is 2.76 bits per heavy atom. The Kier molecular flexibility index (Phi) is 3.87. The topological polar surface area (TPSA) is 47.5 Å². The summed E-state index contributed by atoms with van der Waals surface area (Å²) in [6, 6.07) is 6.00. The van der Waals surface area contributed by atoms with E-state index in [0.29, 0.717) is 22.6 Å². The standard InChI is InChI=1S/C15H18ClN3O2/c1-9-6-11(8-19(9)2)21-15-14(16)17-12-5-4-10(20-3)7-13(12)18-15/h4-5,7,9,11H,6,8H2,1-3H3/t9-,11-/m1/s1. The summed E-state index contributed by atoms with van der Waals surface area (Å²) < 4.78 is 11.1. The van der Waals surface area contributed by atoms with E-state index in [1.165, 1.54) is 0 Å². The molecule has 0 aliphatic carbocycles. The third-order valence-corrected chi connectivity index (χ3v) is 4.17. The van der Waals surface area contributed by atoms with Crippen LogP contribution in [0.3, 0.4) is 0 Å². The van der Waals surface area contributed by atoms with Gasteiger partial charge in [0.05, 0.1) is 18.1 Å². The van der Waals surface area contributed by atoms with Crippen molar-refractivity contribution in [3.8, 4) is 11.6 Å². The van der Waals surface area contributed by atoms with Gasteiger partial charge in [-0.15, -0.1) is 0 Å². The van der Waals surface area contributed by atoms with E-state index < -0.39 is 0 Å². The summed E-state index contributed by atoms with van der Waals surface area (Å²) in [5.74, 6) is 1.13. The number of halogens is 1. The fourth-order valence-corrected chi connectivity index (χ4v) is 2.76. The normalized spacial score (nSPS) is 22.7. The van der Waals surface area contributed by atoms with Crippen LogP contribution in [0.1, 0.15) is 13.3 Å². The summed E-state index contributed by atoms with van der Waals surface area (Å²) in [6.45, 7) is 3.05. The van der Waals surface area contributed by atoms with Gasteiger partial charge < -0.3 is 9.47 Å². The molecule has 0 N–H and O–H groups in total. The predicted molar refractivity (Wildman–Crippen MR) is 82.2 cm³/mol. The SMILES string of the molecule is COc1ccc2nc(Cl)c(O[C@@H]3C[C@@H](C)N(C)C3)nc2c1. The molecule has 1 aromatic carbocycles. The lowest BCUT2D eigenvalue weighted by Crippen LogP contribution is -2.24. The fraction of sp³-hybridized carbons (Fsp3) is 0.467. The minimum Gasteiger partial charge on any atom is -0.497 e. The maximum absolute atomic E-state index is 6.18. The summed E-state index contributed by atoms with van der Waals surface area (Å²) in [4.78, 5) is 11.1. The highest BCUT2D eigenvalue weighted by Crippen LogP contribution is 2.28. The van der Waals surface area contributed by atoms with E-state index in [1.54, 1.807) is 7.11 Å². The molecule has 0 saturated carbocycles. The van der Waals surface area contributed by atoms with Crippen molar-refractivity contribution in [1.82, 2.24) is 14.9 Å². The van der Waals surface area contributed by atoms with Crippen molar-refractivity contribution >= 4 is 22.6 Å². The van der Waals surface area contributed by atoms with Gasteiger partial charge in [0.25, 0.3) is 5.88 Å². The van der Waals surface area contributed by atoms with Crippen LogP contribution in [0.2, 0.25) is 5.15 Å². The van der Waals surface area contributed by atoms with Crippen LogP contribution in [-0.4, -0.2) is 47.7 Å². The molecule has 0 spiro atoms. The van der Waals surface area contributed by atoms with Crippen LogP contribution >= 0.6 is 11.6 Å². The quantitative estimate of drug-likeness (QED) is 0.872. The summed E-state index contributed by atoms with van der Waals surface area (Å²) >= 11 is 6.18. The van der Waals surface area contributed by atoms with Gasteiger partial charge in [-0.25, -0.2) is 9.97 Å². The van der Waals surface area contributed by atoms with Crippen molar-refractivity contribution in [3.05, 3.63) is 23.4 Å². The third kappa shape index (κ3) is 2.89. The monoisotopic (exact) mass is 307 g/mol. The minimum atomic E-state index is 0.0971. The smallest absolute Gasteiger partial charge is 0.253 e. The molecule has 2 atom stereocenters. The average Bonchev–Trinajstić information content (AvgIpc) is 2.77. The molecule has 5 nitrogen and oxygen atoms in total. The molecule has 3 rings (SSSR count). The summed E-state index contributed by atoms with van der Waals surface area (Å²) in [7, 11) is 3.71. The first kappa shape index (κ1) is 14.4. The van der Waals surface area contributed by atoms with Gasteiger partial charge in [0, 0.05) is 25.1 Å². The molecule has 0 amide bonds. The van der Waals surface area contributed by atoms with E-state index in [1.807, 2.05) is 18.2 Å². The molecule has 112 valence electrons. The van der Waals surface area contributed by atoms with Crippen molar-refractivity contribution in [2.75, 3.05) is 20.7 Å². The Morgan fingerprint density at radius 1 is 1.29 bits per heavy atom. The molecule has 1 aliphatic rings. The van der Waals surface area contributed by atoms with Crippen LogP contribution < -0.4 is 9.47 Å². The van der Waals surface area contributed by atoms with Crippen molar-refractivity contribution < 1.29 is 9.47 Å². The van der Waals surface area contributed by atoms with Gasteiger partial charge >= 0.3 is 0 Å². The number of aromatic nitrogens is 2. The lowest BCUT2D eigenvalue weighted by Gasteiger charge is -2.14. The number of nitrogens with zero attached hydrogens (tertiary/aromatic N) is 3. The van der Waals surface area contributed by atoms with Gasteiger partial charge in [0.1, 0.15) is 11.9 Å². The molecule has 0 bridgehead atoms. The highest BCUT2D eigenvalue weighted by atomic mass is 35.5. The zero-order chi connectivity index (χ0) is 15.0. The molecule has 1 aliphatic heterocycles. The van der Waals surface area contributed by atoms with Crippen molar-refractivity contribution in [3.63, 3.8) is 0 Å². The molecular weight excluding hydrogens is 290 g/mol. The molecule has 1 saturated heterocycles. The number of likely N-dealkylation sites (tertiary alicyclic amines) is 1. The van der Waals surface area contributed by atoms with Gasteiger partial charge in [0.2, 0.25) is 0 Å². The van der Waals surface area contributed by atoms with E-state index in [2.05, 4.69) is 28.8 Å². The molecule has 1 fully saturated rings. The van der Waals surface area contributed by atoms with Gasteiger partial charge in [-0.3, -0.25) is 4.90 Å². The highest BCUT2D eigenvalue weighted by molar-refractivity contribution is 6.31. The predicted octanol–water partition coefficient (Wildman–Crippen LogP) is 2.76. The maximum Gasteiger partial charge on any atom is 0.253 e. The Labute approximate surface area is 128 Å². The maximum atomic E-state index is 6.18. The van der Waals surface area contributed by atoms with E-state index in [9.17, 15) is 0 Å². The number of hydrogen-bond acceptors (Lipinski definition) is 5. The van der Waals surface area contributed by atoms with Gasteiger partial charge in [-0.05, 0) is 26.1 Å². The molecule has 6 heteroatoms. The average molecular weight is 308 g/mol. The van der Waals surface area contributed by atoms with Crippen LogP contribution in [0.4, 0.5) is 0 Å². The number of ether oxygens (including phenoxy) is 2. The Balaban J connectivity index is 1.89. The number of likely N-dealkylation sites (N-methyl/N-ethyl adjacent to an activating group) is 1. The minimum absolute atomic E-state index is 0.0971. The molecular formula is C15H18ClN3O2. The van der Waals surface area contributed by atoms with Crippen molar-refractivity contribution in [1.29, 1.82) is 0 Å².